The van der Waals surface area contributed by atoms with E-state index in [1.807, 2.05) is 20.8 Å². The Bertz CT molecular complexity index is 263. The summed E-state index contributed by atoms with van der Waals surface area (Å²) in [7, 11) is 1.46. The first-order valence-corrected chi connectivity index (χ1v) is 4.36. The van der Waals surface area contributed by atoms with Crippen molar-refractivity contribution in [2.45, 2.75) is 33.3 Å². The normalized spacial score (nSPS) is 27.8. The lowest BCUT2D eigenvalue weighted by Crippen LogP contribution is -2.41. The van der Waals surface area contributed by atoms with Gasteiger partial charge in [-0.2, -0.15) is 0 Å². The molecule has 0 fully saturated rings. The molecule has 0 bridgehead atoms. The summed E-state index contributed by atoms with van der Waals surface area (Å²) >= 11 is 0. The van der Waals surface area contributed by atoms with Crippen LogP contribution in [0.4, 0.5) is 0 Å². The molecule has 0 aromatic heterocycles. The summed E-state index contributed by atoms with van der Waals surface area (Å²) in [6.45, 7) is 5.63. The fourth-order valence-electron chi connectivity index (χ4n) is 1.82. The SMILES string of the molecule is COC1=C(C)CC(C)(C)[C@H](O)C1=O. The minimum Gasteiger partial charge on any atom is -0.493 e. The molecule has 3 heteroatoms. The first-order valence-electron chi connectivity index (χ1n) is 4.36. The molecule has 0 aromatic carbocycles. The van der Waals surface area contributed by atoms with Crippen LogP contribution in [0.3, 0.4) is 0 Å². The number of rotatable bonds is 1. The third-order valence-electron chi connectivity index (χ3n) is 2.52. The Morgan fingerprint density at radius 2 is 2.08 bits per heavy atom. The quantitative estimate of drug-likeness (QED) is 0.667. The molecule has 0 heterocycles. The van der Waals surface area contributed by atoms with Crippen LogP contribution >= 0.6 is 0 Å². The van der Waals surface area contributed by atoms with E-state index in [0.29, 0.717) is 12.2 Å². The third kappa shape index (κ3) is 1.61. The molecular weight excluding hydrogens is 168 g/mol. The summed E-state index contributed by atoms with van der Waals surface area (Å²) in [4.78, 5) is 11.5. The van der Waals surface area contributed by atoms with Crippen LogP contribution in [-0.2, 0) is 9.53 Å². The number of ketones is 1. The van der Waals surface area contributed by atoms with E-state index in [2.05, 4.69) is 0 Å². The van der Waals surface area contributed by atoms with Gasteiger partial charge in [0.1, 0.15) is 6.10 Å². The maximum atomic E-state index is 11.5. The van der Waals surface area contributed by atoms with E-state index in [0.717, 1.165) is 5.57 Å². The molecular formula is C10H16O3. The first kappa shape index (κ1) is 10.3. The van der Waals surface area contributed by atoms with Crippen molar-refractivity contribution < 1.29 is 14.6 Å². The minimum absolute atomic E-state index is 0.295. The van der Waals surface area contributed by atoms with Crippen LogP contribution in [-0.4, -0.2) is 24.1 Å². The monoisotopic (exact) mass is 184 g/mol. The number of carbonyl (C=O) groups is 1. The Morgan fingerprint density at radius 3 is 2.54 bits per heavy atom. The molecule has 0 unspecified atom stereocenters. The van der Waals surface area contributed by atoms with Gasteiger partial charge in [-0.25, -0.2) is 0 Å². The van der Waals surface area contributed by atoms with Crippen molar-refractivity contribution in [2.75, 3.05) is 7.11 Å². The second-order valence-corrected chi connectivity index (χ2v) is 4.25. The standard InChI is InChI=1S/C10H16O3/c1-6-5-10(2,3)9(12)7(11)8(6)13-4/h9,12H,5H2,1-4H3/t9-/m1/s1. The molecule has 0 amide bonds. The van der Waals surface area contributed by atoms with E-state index in [1.165, 1.54) is 7.11 Å². The van der Waals surface area contributed by atoms with Crippen LogP contribution in [0.1, 0.15) is 27.2 Å². The molecule has 0 saturated carbocycles. The van der Waals surface area contributed by atoms with Gasteiger partial charge in [-0.15, -0.1) is 0 Å². The summed E-state index contributed by atoms with van der Waals surface area (Å²) in [5.74, 6) is 0.0306. The second kappa shape index (κ2) is 3.14. The second-order valence-electron chi connectivity index (χ2n) is 4.25. The molecule has 1 atom stereocenters. The number of allylic oxidation sites excluding steroid dienone is 1. The van der Waals surface area contributed by atoms with E-state index in [1.54, 1.807) is 0 Å². The number of hydrogen-bond donors (Lipinski definition) is 1. The zero-order valence-electron chi connectivity index (χ0n) is 8.55. The fraction of sp³-hybridized carbons (Fsp3) is 0.700. The van der Waals surface area contributed by atoms with E-state index in [-0.39, 0.29) is 11.2 Å². The summed E-state index contributed by atoms with van der Waals surface area (Å²) in [5.41, 5.74) is 0.547. The van der Waals surface area contributed by atoms with Crippen molar-refractivity contribution in [2.24, 2.45) is 5.41 Å². The summed E-state index contributed by atoms with van der Waals surface area (Å²) < 4.78 is 4.95. The van der Waals surface area contributed by atoms with Gasteiger partial charge in [0.25, 0.3) is 0 Å². The minimum atomic E-state index is -0.939. The number of aliphatic hydroxyl groups excluding tert-OH is 1. The number of hydrogen-bond acceptors (Lipinski definition) is 3. The van der Waals surface area contributed by atoms with Crippen LogP contribution in [0.5, 0.6) is 0 Å². The van der Waals surface area contributed by atoms with Gasteiger partial charge < -0.3 is 9.84 Å². The Kier molecular flexibility index (Phi) is 2.48. The smallest absolute Gasteiger partial charge is 0.226 e. The Balaban J connectivity index is 3.08. The zero-order chi connectivity index (χ0) is 10.2. The molecule has 74 valence electrons. The summed E-state index contributed by atoms with van der Waals surface area (Å²) in [6.07, 6.45) is -0.241. The molecule has 1 N–H and O–H groups in total. The van der Waals surface area contributed by atoms with E-state index in [4.69, 9.17) is 4.74 Å². The molecule has 1 aliphatic rings. The predicted molar refractivity (Wildman–Crippen MR) is 49.1 cm³/mol. The average molecular weight is 184 g/mol. The lowest BCUT2D eigenvalue weighted by atomic mass is 9.74. The Morgan fingerprint density at radius 1 is 1.54 bits per heavy atom. The van der Waals surface area contributed by atoms with Crippen molar-refractivity contribution in [1.82, 2.24) is 0 Å². The lowest BCUT2D eigenvalue weighted by Gasteiger charge is -2.34. The van der Waals surface area contributed by atoms with Crippen molar-refractivity contribution in [3.63, 3.8) is 0 Å². The van der Waals surface area contributed by atoms with Gasteiger partial charge in [0, 0.05) is 5.41 Å². The topological polar surface area (TPSA) is 46.5 Å². The highest BCUT2D eigenvalue weighted by atomic mass is 16.5. The van der Waals surface area contributed by atoms with E-state index >= 15 is 0 Å². The number of carbonyl (C=O) groups excluding carboxylic acids is 1. The van der Waals surface area contributed by atoms with Crippen LogP contribution in [0, 0.1) is 5.41 Å². The van der Waals surface area contributed by atoms with E-state index < -0.39 is 6.10 Å². The van der Waals surface area contributed by atoms with Gasteiger partial charge in [0.15, 0.2) is 5.76 Å². The van der Waals surface area contributed by atoms with Crippen molar-refractivity contribution in [1.29, 1.82) is 0 Å². The van der Waals surface area contributed by atoms with Crippen LogP contribution in [0.25, 0.3) is 0 Å². The van der Waals surface area contributed by atoms with Crippen LogP contribution in [0.2, 0.25) is 0 Å². The van der Waals surface area contributed by atoms with Crippen LogP contribution < -0.4 is 0 Å². The highest BCUT2D eigenvalue weighted by molar-refractivity contribution is 5.99. The number of aliphatic hydroxyl groups is 1. The highest BCUT2D eigenvalue weighted by Gasteiger charge is 2.40. The molecule has 0 aliphatic heterocycles. The van der Waals surface area contributed by atoms with Gasteiger partial charge in [-0.05, 0) is 18.9 Å². The number of Topliss-reactive ketones (excluding diaryl/α,β-unsaturated/α-hetero) is 1. The fourth-order valence-corrected chi connectivity index (χ4v) is 1.82. The van der Waals surface area contributed by atoms with Gasteiger partial charge >= 0.3 is 0 Å². The maximum absolute atomic E-state index is 11.5. The van der Waals surface area contributed by atoms with Crippen molar-refractivity contribution in [3.8, 4) is 0 Å². The summed E-state index contributed by atoms with van der Waals surface area (Å²) in [6, 6.07) is 0. The zero-order valence-corrected chi connectivity index (χ0v) is 8.55. The van der Waals surface area contributed by atoms with Gasteiger partial charge in [0.05, 0.1) is 7.11 Å². The molecule has 0 radical (unpaired) electrons. The van der Waals surface area contributed by atoms with Crippen molar-refractivity contribution in [3.05, 3.63) is 11.3 Å². The largest absolute Gasteiger partial charge is 0.493 e. The highest BCUT2D eigenvalue weighted by Crippen LogP contribution is 2.36. The molecule has 1 rings (SSSR count). The lowest BCUT2D eigenvalue weighted by molar-refractivity contribution is -0.133. The molecule has 1 aliphatic carbocycles. The predicted octanol–water partition coefficient (Wildman–Crippen LogP) is 1.27. The van der Waals surface area contributed by atoms with Gasteiger partial charge in [-0.1, -0.05) is 13.8 Å². The van der Waals surface area contributed by atoms with Gasteiger partial charge in [0.2, 0.25) is 5.78 Å². The molecule has 0 spiro atoms. The van der Waals surface area contributed by atoms with E-state index in [9.17, 15) is 9.90 Å². The van der Waals surface area contributed by atoms with Gasteiger partial charge in [-0.3, -0.25) is 4.79 Å². The molecule has 0 aromatic rings. The molecule has 13 heavy (non-hydrogen) atoms. The number of methoxy groups -OCH3 is 1. The third-order valence-corrected chi connectivity index (χ3v) is 2.52. The Hall–Kier alpha value is -0.830. The maximum Gasteiger partial charge on any atom is 0.226 e. The molecule has 3 nitrogen and oxygen atoms in total. The summed E-state index contributed by atoms with van der Waals surface area (Å²) in [5, 5.41) is 9.66. The van der Waals surface area contributed by atoms with Crippen LogP contribution in [0.15, 0.2) is 11.3 Å². The first-order chi connectivity index (χ1) is 5.90. The Labute approximate surface area is 78.4 Å². The average Bonchev–Trinajstić information content (AvgIpc) is 2.01. The number of ether oxygens (including phenoxy) is 1. The molecule has 0 saturated heterocycles. The van der Waals surface area contributed by atoms with Crippen molar-refractivity contribution >= 4 is 5.78 Å².